The fraction of sp³-hybridized carbons (Fsp3) is 0.180. The molecule has 1 fully saturated rings. The lowest BCUT2D eigenvalue weighted by molar-refractivity contribution is -0.385. The number of hydrogen-bond acceptors (Lipinski definition) is 10. The number of nitro benzene ring substituents is 2. The van der Waals surface area contributed by atoms with E-state index in [1.54, 1.807) is 30.3 Å². The third kappa shape index (κ3) is 22.6. The van der Waals surface area contributed by atoms with Crippen LogP contribution >= 0.6 is 39.8 Å². The van der Waals surface area contributed by atoms with Crippen LogP contribution in [0.4, 0.5) is 11.4 Å². The molecule has 24 rings (SSSR count). The zero-order valence-corrected chi connectivity index (χ0v) is 85.1. The fourth-order valence-corrected chi connectivity index (χ4v) is 20.1. The van der Waals surface area contributed by atoms with Crippen LogP contribution in [-0.4, -0.2) is 33.2 Å². The molecule has 0 unspecified atom stereocenters. The molecule has 1 aliphatic heterocycles. The van der Waals surface area contributed by atoms with Crippen molar-refractivity contribution in [3.05, 3.63) is 405 Å². The zero-order valence-electron chi connectivity index (χ0n) is 81.1. The first-order chi connectivity index (χ1) is 67.0. The van der Waals surface area contributed by atoms with Crippen molar-refractivity contribution in [2.24, 2.45) is 0 Å². The number of H-pyrrole nitrogens is 1. The number of aromatic nitrogens is 1. The molecule has 0 aliphatic carbocycles. The van der Waals surface area contributed by atoms with Crippen molar-refractivity contribution in [1.82, 2.24) is 4.98 Å². The first-order valence-corrected chi connectivity index (χ1v) is 50.3. The Hall–Kier alpha value is -13.8. The number of nitrogens with one attached hydrogen (secondary N) is 1. The second kappa shape index (κ2) is 50.5. The van der Waals surface area contributed by atoms with Gasteiger partial charge in [0.15, 0.2) is 5.58 Å². The normalized spacial score (nSPS) is 11.7. The van der Waals surface area contributed by atoms with Gasteiger partial charge in [0.05, 0.1) is 36.6 Å². The summed E-state index contributed by atoms with van der Waals surface area (Å²) in [5.41, 5.74) is 11.2. The highest BCUT2D eigenvalue weighted by Gasteiger charge is 2.52. The molecule has 0 bridgehead atoms. The molecule has 710 valence electrons. The molecule has 0 atom stereocenters. The summed E-state index contributed by atoms with van der Waals surface area (Å²) in [6.45, 7) is 36.3. The lowest BCUT2D eigenvalue weighted by Crippen LogP contribution is -2.41. The van der Waals surface area contributed by atoms with Gasteiger partial charge in [-0.25, -0.2) is 0 Å². The van der Waals surface area contributed by atoms with Crippen LogP contribution in [0.15, 0.2) is 403 Å². The maximum absolute atomic E-state index is 11.5. The third-order valence-corrected chi connectivity index (χ3v) is 26.9. The van der Waals surface area contributed by atoms with Crippen LogP contribution in [-0.2, 0) is 9.31 Å². The van der Waals surface area contributed by atoms with Crippen molar-refractivity contribution in [2.45, 2.75) is 151 Å². The minimum atomic E-state index is -0.446. The summed E-state index contributed by atoms with van der Waals surface area (Å²) in [5, 5.41) is 46.8. The molecule has 23 aromatic rings. The molecule has 18 aromatic carbocycles. The van der Waals surface area contributed by atoms with Gasteiger partial charge in [0.25, 0.3) is 11.4 Å². The van der Waals surface area contributed by atoms with Gasteiger partial charge in [-0.2, -0.15) is 0 Å². The van der Waals surface area contributed by atoms with E-state index in [0.29, 0.717) is 10.0 Å². The monoisotopic (exact) mass is 1990 g/mol. The average molecular weight is 1990 g/mol. The van der Waals surface area contributed by atoms with Crippen molar-refractivity contribution in [3.63, 3.8) is 0 Å². The Bertz CT molecular complexity index is 7770. The molecular weight excluding hydrogens is 1870 g/mol. The first-order valence-electron chi connectivity index (χ1n) is 47.3. The number of para-hydroxylation sites is 7. The molecule has 0 radical (unpaired) electrons. The number of rotatable bonds is 7. The van der Waals surface area contributed by atoms with Gasteiger partial charge in [-0.3, -0.25) is 20.2 Å². The smallest absolute Gasteiger partial charge is 0.456 e. The van der Waals surface area contributed by atoms with Crippen molar-refractivity contribution in [2.75, 3.05) is 0 Å². The number of aromatic amines is 1. The number of nitrogens with zero attached hydrogens (tertiary/aromatic N) is 2. The van der Waals surface area contributed by atoms with E-state index in [-0.39, 0.29) is 42.4 Å². The summed E-state index contributed by atoms with van der Waals surface area (Å²) in [6.07, 6.45) is 0. The van der Waals surface area contributed by atoms with E-state index in [0.717, 1.165) is 109 Å². The van der Waals surface area contributed by atoms with Gasteiger partial charge in [-0.05, 0) is 177 Å². The molecule has 17 heteroatoms. The quantitative estimate of drug-likeness (QED) is 0.0700. The van der Waals surface area contributed by atoms with Gasteiger partial charge in [-0.1, -0.05) is 431 Å². The molecule has 1 saturated heterocycles. The number of nitro groups is 2. The number of fused-ring (bicyclic) bond motifs is 25. The summed E-state index contributed by atoms with van der Waals surface area (Å²) >= 11 is 6.67. The van der Waals surface area contributed by atoms with Crippen molar-refractivity contribution in [3.8, 4) is 11.1 Å². The van der Waals surface area contributed by atoms with Crippen molar-refractivity contribution >= 4 is 232 Å². The molecule has 0 saturated carbocycles. The van der Waals surface area contributed by atoms with Gasteiger partial charge in [0.2, 0.25) is 0 Å². The van der Waals surface area contributed by atoms with Gasteiger partial charge in [0, 0.05) is 81.5 Å². The van der Waals surface area contributed by atoms with Crippen LogP contribution in [0.1, 0.15) is 139 Å². The van der Waals surface area contributed by atoms with E-state index in [2.05, 4.69) is 289 Å². The molecule has 5 aromatic heterocycles. The lowest BCUT2D eigenvalue weighted by atomic mass is 9.75. The van der Waals surface area contributed by atoms with Crippen molar-refractivity contribution in [1.29, 1.82) is 0 Å². The minimum absolute atomic E-state index is 0. The molecular formula is C122H125BBr2N3O10P. The third-order valence-electron chi connectivity index (χ3n) is 23.1. The number of halogens is 2. The summed E-state index contributed by atoms with van der Waals surface area (Å²) < 4.78 is 38.6. The van der Waals surface area contributed by atoms with Crippen LogP contribution in [0.25, 0.3) is 164 Å². The number of benzene rings is 18. The molecule has 0 spiro atoms. The predicted octanol–water partition coefficient (Wildman–Crippen LogP) is 37.5. The largest absolute Gasteiger partial charge is 0.495 e. The number of furan rings is 4. The van der Waals surface area contributed by atoms with Gasteiger partial charge < -0.3 is 32.0 Å². The van der Waals surface area contributed by atoms with Gasteiger partial charge >= 0.3 is 7.12 Å². The topological polar surface area (TPSA) is 173 Å². The Kier molecular flexibility index (Phi) is 38.9. The fourth-order valence-electron chi connectivity index (χ4n) is 16.8. The van der Waals surface area contributed by atoms with Crippen molar-refractivity contribution < 1.29 is 36.8 Å². The Morgan fingerprint density at radius 1 is 0.281 bits per heavy atom. The van der Waals surface area contributed by atoms with E-state index in [9.17, 15) is 20.2 Å². The Morgan fingerprint density at radius 2 is 0.583 bits per heavy atom. The second-order valence-electron chi connectivity index (χ2n) is 31.0. The predicted molar refractivity (Wildman–Crippen MR) is 609 cm³/mol. The van der Waals surface area contributed by atoms with Crippen LogP contribution in [0.2, 0.25) is 0 Å². The van der Waals surface area contributed by atoms with E-state index in [1.807, 2.05) is 206 Å². The maximum atomic E-state index is 11.5. The summed E-state index contributed by atoms with van der Waals surface area (Å²) in [5.74, 6) is 0. The standard InChI is InChI=1S/C22H21BO3.C22H13NO3.C22H13NO.C18H15P.C16H9BrO.C6H4BrNO2.7C2H6.2CH4/c1-21(2)22(3,4)26-23(25-21)17-13-19-20(15-10-6-5-9-14(15)17)16-11-7-8-12-18(16)24-19;24-23(25)19-11-5-3-8-15(19)18-13-21-22(16-9-2-1-7-14(16)18)17-10-4-6-12-20(17)26-21;1-2-8-14-13(7-1)19-15-9-3-5-11-17(15)23-21(19)22-20(14)16-10-4-6-12-18(16)24-22;1-4-10-16(11-5-1)19(17-12-6-2-7-13-17)18-14-8-3-9-15-18;17-13-9-15-16(11-6-2-1-5-10(11)13)12-7-3-4-8-14(12)18-15;7-5-3-1-2-4-6(5)8(9)10;7*1-2;;/h5-13H,1-4H3;1-13H;1-12,23H;1-15H;1-9H;1-4H;7*1-2H3;2*1H4. The van der Waals surface area contributed by atoms with E-state index >= 15 is 0 Å². The minimum Gasteiger partial charge on any atom is -0.456 e. The first kappa shape index (κ1) is 107. The molecule has 6 heterocycles. The summed E-state index contributed by atoms with van der Waals surface area (Å²) in [4.78, 5) is 24.5. The highest BCUT2D eigenvalue weighted by molar-refractivity contribution is 9.11. The molecule has 1 aliphatic rings. The van der Waals surface area contributed by atoms with E-state index < -0.39 is 20.0 Å². The highest BCUT2D eigenvalue weighted by atomic mass is 79.9. The Balaban J connectivity index is 0.000000170. The zero-order chi connectivity index (χ0) is 98.0. The molecule has 13 nitrogen and oxygen atoms in total. The van der Waals surface area contributed by atoms with E-state index in [4.69, 9.17) is 27.0 Å². The summed E-state index contributed by atoms with van der Waals surface area (Å²) in [6, 6.07) is 126. The molecule has 1 N–H and O–H groups in total. The summed E-state index contributed by atoms with van der Waals surface area (Å²) in [7, 11) is -0.860. The molecule has 139 heavy (non-hydrogen) atoms. The SMILES string of the molecule is Brc1cc2oc3ccccc3c2c2ccccc12.C.C.CC.CC.CC.CC.CC.CC.CC.CC1(C)OB(c2cc3oc4ccccc4c3c3ccccc23)OC1(C)C.O=[N+]([O-])c1ccccc1-c1cc2oc3ccccc3c2c2ccccc12.O=[N+]([O-])c1ccccc1Br.c1ccc(P(c2ccccc2)c2ccccc2)cc1.c1ccc2c(c1)[nH]c1c3oc4ccccc4c3c3ccccc3c21. The molecule has 0 amide bonds. The Morgan fingerprint density at radius 3 is 1.01 bits per heavy atom. The highest BCUT2D eigenvalue weighted by Crippen LogP contribution is 2.47. The van der Waals surface area contributed by atoms with Crippen LogP contribution in [0.3, 0.4) is 0 Å². The second-order valence-corrected chi connectivity index (χ2v) is 34.9. The average Bonchev–Trinajstić information content (AvgIpc) is 1.56. The van der Waals surface area contributed by atoms with Crippen LogP contribution < -0.4 is 21.4 Å². The van der Waals surface area contributed by atoms with E-state index in [1.165, 1.54) is 87.3 Å². The van der Waals surface area contributed by atoms with Crippen LogP contribution in [0.5, 0.6) is 0 Å². The Labute approximate surface area is 835 Å². The number of hydrogen-bond donors (Lipinski definition) is 1. The van der Waals surface area contributed by atoms with Gasteiger partial charge in [-0.15, -0.1) is 0 Å². The van der Waals surface area contributed by atoms with Gasteiger partial charge in [0.1, 0.15) is 39.1 Å². The lowest BCUT2D eigenvalue weighted by Gasteiger charge is -2.32. The van der Waals surface area contributed by atoms with Crippen LogP contribution in [0, 0.1) is 20.2 Å². The maximum Gasteiger partial charge on any atom is 0.495 e.